The Morgan fingerprint density at radius 1 is 1.17 bits per heavy atom. The first-order chi connectivity index (χ1) is 14.5. The molecule has 7 heteroatoms. The van der Waals surface area contributed by atoms with Crippen LogP contribution < -0.4 is 15.4 Å². The molecule has 1 saturated heterocycles. The van der Waals surface area contributed by atoms with E-state index >= 15 is 0 Å². The Balaban J connectivity index is 1.73. The van der Waals surface area contributed by atoms with E-state index in [2.05, 4.69) is 46.6 Å². The lowest BCUT2D eigenvalue weighted by Gasteiger charge is -2.29. The van der Waals surface area contributed by atoms with Gasteiger partial charge in [-0.2, -0.15) is 5.10 Å². The fourth-order valence-corrected chi connectivity index (χ4v) is 4.08. The first kappa shape index (κ1) is 22.2. The summed E-state index contributed by atoms with van der Waals surface area (Å²) in [6.07, 6.45) is 2.53. The molecular formula is C23H36N6O. The number of likely N-dealkylation sites (tertiary alicyclic amines) is 1. The van der Waals surface area contributed by atoms with Gasteiger partial charge in [0.15, 0.2) is 5.96 Å². The van der Waals surface area contributed by atoms with E-state index in [1.807, 2.05) is 30.8 Å². The van der Waals surface area contributed by atoms with Crippen molar-refractivity contribution in [2.75, 3.05) is 33.3 Å². The smallest absolute Gasteiger partial charge is 0.191 e. The second kappa shape index (κ2) is 10.5. The Bertz CT molecular complexity index is 836. The van der Waals surface area contributed by atoms with Crippen molar-refractivity contribution >= 4 is 5.96 Å². The average Bonchev–Trinajstić information content (AvgIpc) is 3.36. The molecule has 0 amide bonds. The summed E-state index contributed by atoms with van der Waals surface area (Å²) in [7, 11) is 3.69. The van der Waals surface area contributed by atoms with Crippen molar-refractivity contribution < 1.29 is 4.74 Å². The summed E-state index contributed by atoms with van der Waals surface area (Å²) >= 11 is 0. The minimum absolute atomic E-state index is 0.309. The second-order valence-electron chi connectivity index (χ2n) is 7.88. The number of hydrogen-bond acceptors (Lipinski definition) is 4. The summed E-state index contributed by atoms with van der Waals surface area (Å²) in [5, 5.41) is 11.5. The molecule has 1 aromatic carbocycles. The molecule has 2 heterocycles. The van der Waals surface area contributed by atoms with Gasteiger partial charge in [0.1, 0.15) is 5.75 Å². The number of ether oxygens (including phenoxy) is 1. The van der Waals surface area contributed by atoms with Crippen LogP contribution >= 0.6 is 0 Å². The third kappa shape index (κ3) is 5.33. The van der Waals surface area contributed by atoms with Gasteiger partial charge in [0, 0.05) is 31.4 Å². The summed E-state index contributed by atoms with van der Waals surface area (Å²) in [6, 6.07) is 8.76. The largest absolute Gasteiger partial charge is 0.497 e. The summed E-state index contributed by atoms with van der Waals surface area (Å²) in [6.45, 7) is 10.8. The molecule has 2 N–H and O–H groups in total. The Labute approximate surface area is 180 Å². The summed E-state index contributed by atoms with van der Waals surface area (Å²) in [5.41, 5.74) is 4.71. The Kier molecular flexibility index (Phi) is 7.74. The van der Waals surface area contributed by atoms with Gasteiger partial charge in [0.05, 0.1) is 25.4 Å². The number of aliphatic imine (C=N–C) groups is 1. The second-order valence-corrected chi connectivity index (χ2v) is 7.88. The number of nitrogens with zero attached hydrogens (tertiary/aromatic N) is 4. The molecule has 0 spiro atoms. The normalized spacial score (nSPS) is 16.0. The number of aryl methyl sites for hydroxylation is 2. The fourth-order valence-electron chi connectivity index (χ4n) is 4.08. The van der Waals surface area contributed by atoms with Crippen LogP contribution in [0.3, 0.4) is 0 Å². The van der Waals surface area contributed by atoms with Gasteiger partial charge in [-0.3, -0.25) is 9.58 Å². The van der Waals surface area contributed by atoms with E-state index in [0.29, 0.717) is 12.6 Å². The molecule has 1 unspecified atom stereocenters. The van der Waals surface area contributed by atoms with Gasteiger partial charge >= 0.3 is 0 Å². The monoisotopic (exact) mass is 412 g/mol. The van der Waals surface area contributed by atoms with Gasteiger partial charge in [-0.1, -0.05) is 12.1 Å². The van der Waals surface area contributed by atoms with Crippen molar-refractivity contribution in [3.8, 4) is 5.75 Å². The molecule has 3 rings (SSSR count). The molecule has 0 radical (unpaired) electrons. The molecule has 30 heavy (non-hydrogen) atoms. The molecule has 1 aliphatic heterocycles. The topological polar surface area (TPSA) is 66.7 Å². The third-order valence-electron chi connectivity index (χ3n) is 5.94. The lowest BCUT2D eigenvalue weighted by molar-refractivity contribution is 0.245. The standard InChI is InChI=1S/C23H36N6O/c1-6-24-23(25-15-21-17(2)27-28(4)18(21)3)26-16-22(29-13-7-8-14-29)19-9-11-20(30-5)12-10-19/h9-12,22H,6-8,13-16H2,1-5H3,(H2,24,25,26). The van der Waals surface area contributed by atoms with Gasteiger partial charge in [-0.15, -0.1) is 0 Å². The lowest BCUT2D eigenvalue weighted by atomic mass is 10.1. The van der Waals surface area contributed by atoms with E-state index in [1.54, 1.807) is 7.11 Å². The molecule has 1 aromatic heterocycles. The van der Waals surface area contributed by atoms with E-state index < -0.39 is 0 Å². The van der Waals surface area contributed by atoms with Crippen LogP contribution in [0, 0.1) is 13.8 Å². The van der Waals surface area contributed by atoms with Gasteiger partial charge in [0.2, 0.25) is 0 Å². The predicted octanol–water partition coefficient (Wildman–Crippen LogP) is 2.94. The highest BCUT2D eigenvalue weighted by atomic mass is 16.5. The predicted molar refractivity (Wildman–Crippen MR) is 122 cm³/mol. The molecule has 7 nitrogen and oxygen atoms in total. The molecule has 1 aliphatic rings. The number of aromatic nitrogens is 2. The third-order valence-corrected chi connectivity index (χ3v) is 5.94. The van der Waals surface area contributed by atoms with E-state index in [0.717, 1.165) is 43.6 Å². The first-order valence-electron chi connectivity index (χ1n) is 10.9. The Morgan fingerprint density at radius 2 is 1.87 bits per heavy atom. The van der Waals surface area contributed by atoms with Gasteiger partial charge in [0.25, 0.3) is 0 Å². The van der Waals surface area contributed by atoms with Crippen LogP contribution in [-0.4, -0.2) is 53.9 Å². The van der Waals surface area contributed by atoms with Crippen molar-refractivity contribution in [3.63, 3.8) is 0 Å². The minimum Gasteiger partial charge on any atom is -0.497 e. The number of rotatable bonds is 8. The first-order valence-corrected chi connectivity index (χ1v) is 10.9. The Morgan fingerprint density at radius 3 is 2.43 bits per heavy atom. The SMILES string of the molecule is CCNC(=NCc1c(C)nn(C)c1C)NCC(c1ccc(OC)cc1)N1CCCC1. The number of guanidine groups is 1. The fraction of sp³-hybridized carbons (Fsp3) is 0.565. The summed E-state index contributed by atoms with van der Waals surface area (Å²) in [4.78, 5) is 7.40. The zero-order valence-electron chi connectivity index (χ0n) is 19.0. The number of nitrogens with one attached hydrogen (secondary N) is 2. The van der Waals surface area contributed by atoms with E-state index in [1.165, 1.54) is 29.7 Å². The highest BCUT2D eigenvalue weighted by molar-refractivity contribution is 5.79. The van der Waals surface area contributed by atoms with Crippen LogP contribution in [0.15, 0.2) is 29.3 Å². The van der Waals surface area contributed by atoms with Crippen molar-refractivity contribution in [2.45, 2.75) is 46.2 Å². The van der Waals surface area contributed by atoms with Gasteiger partial charge in [-0.25, -0.2) is 4.99 Å². The van der Waals surface area contributed by atoms with Crippen LogP contribution in [0.1, 0.15) is 48.3 Å². The van der Waals surface area contributed by atoms with Crippen LogP contribution in [0.4, 0.5) is 0 Å². The molecule has 2 aromatic rings. The van der Waals surface area contributed by atoms with Gasteiger partial charge in [-0.05, 0) is 64.4 Å². The zero-order chi connectivity index (χ0) is 21.5. The van der Waals surface area contributed by atoms with Crippen LogP contribution in [0.2, 0.25) is 0 Å². The summed E-state index contributed by atoms with van der Waals surface area (Å²) in [5.74, 6) is 1.74. The molecule has 0 saturated carbocycles. The molecule has 1 atom stereocenters. The molecule has 1 fully saturated rings. The molecule has 164 valence electrons. The van der Waals surface area contributed by atoms with E-state index in [-0.39, 0.29) is 0 Å². The number of hydrogen-bond donors (Lipinski definition) is 2. The van der Waals surface area contributed by atoms with Crippen LogP contribution in [-0.2, 0) is 13.6 Å². The minimum atomic E-state index is 0.309. The highest BCUT2D eigenvalue weighted by Crippen LogP contribution is 2.26. The number of methoxy groups -OCH3 is 1. The summed E-state index contributed by atoms with van der Waals surface area (Å²) < 4.78 is 7.26. The van der Waals surface area contributed by atoms with E-state index in [4.69, 9.17) is 9.73 Å². The van der Waals surface area contributed by atoms with Crippen LogP contribution in [0.5, 0.6) is 5.75 Å². The average molecular weight is 413 g/mol. The van der Waals surface area contributed by atoms with E-state index in [9.17, 15) is 0 Å². The maximum absolute atomic E-state index is 5.33. The maximum atomic E-state index is 5.33. The molecule has 0 aliphatic carbocycles. The number of benzene rings is 1. The van der Waals surface area contributed by atoms with Crippen LogP contribution in [0.25, 0.3) is 0 Å². The lowest BCUT2D eigenvalue weighted by Crippen LogP contribution is -2.42. The maximum Gasteiger partial charge on any atom is 0.191 e. The van der Waals surface area contributed by atoms with Crippen molar-refractivity contribution in [1.29, 1.82) is 0 Å². The molecular weight excluding hydrogens is 376 g/mol. The van der Waals surface area contributed by atoms with Crippen molar-refractivity contribution in [3.05, 3.63) is 46.8 Å². The van der Waals surface area contributed by atoms with Crippen molar-refractivity contribution in [1.82, 2.24) is 25.3 Å². The quantitative estimate of drug-likeness (QED) is 0.515. The van der Waals surface area contributed by atoms with Crippen molar-refractivity contribution in [2.24, 2.45) is 12.0 Å². The molecule has 0 bridgehead atoms. The Hall–Kier alpha value is -2.54. The van der Waals surface area contributed by atoms with Gasteiger partial charge < -0.3 is 15.4 Å². The highest BCUT2D eigenvalue weighted by Gasteiger charge is 2.23. The zero-order valence-corrected chi connectivity index (χ0v) is 19.0.